The van der Waals surface area contributed by atoms with Crippen LogP contribution in [0, 0.1) is 17.2 Å². The summed E-state index contributed by atoms with van der Waals surface area (Å²) in [7, 11) is 0. The van der Waals surface area contributed by atoms with Crippen molar-refractivity contribution in [3.63, 3.8) is 0 Å². The molecule has 2 atom stereocenters. The van der Waals surface area contributed by atoms with E-state index in [9.17, 15) is 4.79 Å². The molecule has 0 unspecified atom stereocenters. The predicted molar refractivity (Wildman–Crippen MR) is 136 cm³/mol. The first-order chi connectivity index (χ1) is 16.6. The average molecular weight is 476 g/mol. The number of para-hydroxylation sites is 1. The maximum Gasteiger partial charge on any atom is 0.267 e. The molecule has 6 nitrogen and oxygen atoms in total. The number of amides is 1. The van der Waals surface area contributed by atoms with Gasteiger partial charge >= 0.3 is 0 Å². The second-order valence-corrected chi connectivity index (χ2v) is 9.44. The Kier molecular flexibility index (Phi) is 7.91. The van der Waals surface area contributed by atoms with Crippen LogP contribution in [0.1, 0.15) is 45.1 Å². The molecule has 1 aliphatic carbocycles. The summed E-state index contributed by atoms with van der Waals surface area (Å²) in [4.78, 5) is 21.1. The van der Waals surface area contributed by atoms with E-state index in [0.29, 0.717) is 28.9 Å². The second kappa shape index (κ2) is 11.3. The van der Waals surface area contributed by atoms with Gasteiger partial charge in [0, 0.05) is 6.04 Å². The summed E-state index contributed by atoms with van der Waals surface area (Å²) >= 11 is 1.42. The van der Waals surface area contributed by atoms with Crippen molar-refractivity contribution in [1.82, 2.24) is 4.90 Å². The minimum atomic E-state index is -0.0529. The van der Waals surface area contributed by atoms with Gasteiger partial charge in [0.1, 0.15) is 6.07 Å². The lowest BCUT2D eigenvalue weighted by Gasteiger charge is -2.35. The highest BCUT2D eigenvalue weighted by Gasteiger charge is 2.41. The molecule has 176 valence electrons. The average Bonchev–Trinajstić information content (AvgIpc) is 3.14. The highest BCUT2D eigenvalue weighted by molar-refractivity contribution is 8.18. The van der Waals surface area contributed by atoms with E-state index in [2.05, 4.69) is 6.92 Å². The van der Waals surface area contributed by atoms with Crippen LogP contribution in [0.3, 0.4) is 0 Å². The number of nitriles is 1. The zero-order valence-corrected chi connectivity index (χ0v) is 20.4. The van der Waals surface area contributed by atoms with E-state index in [1.807, 2.05) is 66.4 Å². The first-order valence-corrected chi connectivity index (χ1v) is 12.6. The van der Waals surface area contributed by atoms with E-state index >= 15 is 0 Å². The van der Waals surface area contributed by atoms with Gasteiger partial charge < -0.3 is 9.47 Å². The van der Waals surface area contributed by atoms with Gasteiger partial charge in [0.05, 0.1) is 17.2 Å². The van der Waals surface area contributed by atoms with Gasteiger partial charge in [-0.3, -0.25) is 9.69 Å². The van der Waals surface area contributed by atoms with Crippen molar-refractivity contribution in [2.75, 3.05) is 13.2 Å². The third-order valence-electron chi connectivity index (χ3n) is 6.07. The smallest absolute Gasteiger partial charge is 0.267 e. The number of benzene rings is 2. The van der Waals surface area contributed by atoms with E-state index in [1.54, 1.807) is 6.07 Å². The fourth-order valence-corrected chi connectivity index (χ4v) is 5.46. The highest BCUT2D eigenvalue weighted by Crippen LogP contribution is 2.40. The molecular formula is C27H29N3O3S. The summed E-state index contributed by atoms with van der Waals surface area (Å²) in [5.74, 6) is 1.50. The quantitative estimate of drug-likeness (QED) is 0.448. The van der Waals surface area contributed by atoms with Gasteiger partial charge in [-0.05, 0) is 73.4 Å². The van der Waals surface area contributed by atoms with Crippen LogP contribution in [0.5, 0.6) is 11.5 Å². The molecule has 1 amide bonds. The number of aliphatic imine (C=N–C) groups is 1. The molecule has 1 saturated heterocycles. The first kappa shape index (κ1) is 23.9. The Morgan fingerprint density at radius 1 is 1.15 bits per heavy atom. The minimum absolute atomic E-state index is 0.00111. The number of hydrogen-bond donors (Lipinski definition) is 0. The van der Waals surface area contributed by atoms with E-state index in [4.69, 9.17) is 19.7 Å². The number of amidine groups is 1. The Morgan fingerprint density at radius 3 is 2.68 bits per heavy atom. The molecule has 0 bridgehead atoms. The Labute approximate surface area is 205 Å². The van der Waals surface area contributed by atoms with Crippen molar-refractivity contribution in [3.8, 4) is 17.6 Å². The molecule has 4 rings (SSSR count). The highest BCUT2D eigenvalue weighted by atomic mass is 32.2. The number of hydrogen-bond acceptors (Lipinski definition) is 6. The molecule has 1 saturated carbocycles. The van der Waals surface area contributed by atoms with Crippen LogP contribution in [0.15, 0.2) is 58.4 Å². The van der Waals surface area contributed by atoms with Crippen molar-refractivity contribution in [2.45, 2.75) is 45.6 Å². The predicted octanol–water partition coefficient (Wildman–Crippen LogP) is 6.17. The standard InChI is InChI=1S/C27H29N3O3S/c1-3-32-24-17-20(13-14-23(24)33-16-15-28)18-25-26(31)30(22-12-8-7-9-19(22)2)27(34-25)29-21-10-5-4-6-11-21/h4-6,10-11,13-14,17-19,22H,3,7-9,12,16H2,1-2H3/b25-18-,29-27?/t19-,22-/m1/s1. The fourth-order valence-electron chi connectivity index (χ4n) is 4.41. The summed E-state index contributed by atoms with van der Waals surface area (Å²) in [6.45, 7) is 4.55. The third-order valence-corrected chi connectivity index (χ3v) is 7.06. The lowest BCUT2D eigenvalue weighted by molar-refractivity contribution is -0.124. The van der Waals surface area contributed by atoms with Crippen LogP contribution in [-0.2, 0) is 4.79 Å². The summed E-state index contributed by atoms with van der Waals surface area (Å²) < 4.78 is 11.2. The maximum absolute atomic E-state index is 13.6. The molecule has 2 aliphatic rings. The van der Waals surface area contributed by atoms with Crippen LogP contribution >= 0.6 is 11.8 Å². The number of rotatable bonds is 7. The molecule has 1 aliphatic heterocycles. The maximum atomic E-state index is 13.6. The second-order valence-electron chi connectivity index (χ2n) is 8.43. The van der Waals surface area contributed by atoms with Crippen molar-refractivity contribution >= 4 is 34.6 Å². The number of ether oxygens (including phenoxy) is 2. The van der Waals surface area contributed by atoms with Gasteiger partial charge in [0.15, 0.2) is 23.3 Å². The molecule has 0 spiro atoms. The number of carbonyl (C=O) groups excluding carboxylic acids is 1. The zero-order chi connectivity index (χ0) is 23.9. The van der Waals surface area contributed by atoms with Crippen molar-refractivity contribution in [2.24, 2.45) is 10.9 Å². The van der Waals surface area contributed by atoms with Crippen LogP contribution in [-0.4, -0.2) is 35.2 Å². The number of nitrogens with zero attached hydrogens (tertiary/aromatic N) is 3. The summed E-state index contributed by atoms with van der Waals surface area (Å²) in [5, 5.41) is 9.56. The molecule has 7 heteroatoms. The normalized spacial score (nSPS) is 22.7. The van der Waals surface area contributed by atoms with Crippen LogP contribution < -0.4 is 9.47 Å². The summed E-state index contributed by atoms with van der Waals surface area (Å²) in [6.07, 6.45) is 6.34. The Morgan fingerprint density at radius 2 is 1.94 bits per heavy atom. The zero-order valence-electron chi connectivity index (χ0n) is 19.6. The molecule has 0 aromatic heterocycles. The minimum Gasteiger partial charge on any atom is -0.490 e. The molecule has 1 heterocycles. The van der Waals surface area contributed by atoms with E-state index in [0.717, 1.165) is 35.7 Å². The summed E-state index contributed by atoms with van der Waals surface area (Å²) in [5.41, 5.74) is 1.67. The number of carbonyl (C=O) groups is 1. The molecule has 0 N–H and O–H groups in total. The molecular weight excluding hydrogens is 446 g/mol. The topological polar surface area (TPSA) is 74.9 Å². The van der Waals surface area contributed by atoms with E-state index < -0.39 is 0 Å². The fraction of sp³-hybridized carbons (Fsp3) is 0.370. The van der Waals surface area contributed by atoms with Gasteiger partial charge in [-0.1, -0.05) is 44.0 Å². The lowest BCUT2D eigenvalue weighted by Crippen LogP contribution is -2.44. The Balaban J connectivity index is 1.68. The van der Waals surface area contributed by atoms with Gasteiger partial charge in [0.2, 0.25) is 0 Å². The van der Waals surface area contributed by atoms with Crippen LogP contribution in [0.25, 0.3) is 6.08 Å². The van der Waals surface area contributed by atoms with Crippen LogP contribution in [0.2, 0.25) is 0 Å². The van der Waals surface area contributed by atoms with Gasteiger partial charge in [-0.25, -0.2) is 4.99 Å². The van der Waals surface area contributed by atoms with Crippen molar-refractivity contribution in [3.05, 3.63) is 59.0 Å². The van der Waals surface area contributed by atoms with Crippen molar-refractivity contribution in [1.29, 1.82) is 5.26 Å². The molecule has 34 heavy (non-hydrogen) atoms. The van der Waals surface area contributed by atoms with E-state index in [-0.39, 0.29) is 18.6 Å². The van der Waals surface area contributed by atoms with E-state index in [1.165, 1.54) is 18.2 Å². The Bertz CT molecular complexity index is 1120. The van der Waals surface area contributed by atoms with Gasteiger partial charge in [-0.15, -0.1) is 0 Å². The summed E-state index contributed by atoms with van der Waals surface area (Å²) in [6, 6.07) is 17.4. The van der Waals surface area contributed by atoms with Crippen LogP contribution in [0.4, 0.5) is 5.69 Å². The Hall–Kier alpha value is -3.24. The van der Waals surface area contributed by atoms with Gasteiger partial charge in [-0.2, -0.15) is 5.26 Å². The molecule has 2 fully saturated rings. The monoisotopic (exact) mass is 475 g/mol. The van der Waals surface area contributed by atoms with Crippen molar-refractivity contribution < 1.29 is 14.3 Å². The first-order valence-electron chi connectivity index (χ1n) is 11.7. The number of thioether (sulfide) groups is 1. The molecule has 2 aromatic carbocycles. The molecule has 2 aromatic rings. The van der Waals surface area contributed by atoms with Gasteiger partial charge in [0.25, 0.3) is 5.91 Å². The lowest BCUT2D eigenvalue weighted by atomic mass is 9.85. The molecule has 0 radical (unpaired) electrons. The SMILES string of the molecule is CCOc1cc(/C=C2\SC(=Nc3ccccc3)N([C@@H]3CCCC[C@H]3C)C2=O)ccc1OCC#N. The third kappa shape index (κ3) is 5.45. The largest absolute Gasteiger partial charge is 0.490 e.